The van der Waals surface area contributed by atoms with Crippen molar-refractivity contribution < 1.29 is 4.92 Å². The third-order valence-electron chi connectivity index (χ3n) is 4.27. The fourth-order valence-corrected chi connectivity index (χ4v) is 4.10. The number of hydrogen-bond donors (Lipinski definition) is 0. The lowest BCUT2D eigenvalue weighted by Crippen LogP contribution is -2.48. The van der Waals surface area contributed by atoms with Crippen LogP contribution in [0.25, 0.3) is 0 Å². The smallest absolute Gasteiger partial charge is 0.342 e. The van der Waals surface area contributed by atoms with Crippen molar-refractivity contribution in [1.82, 2.24) is 19.4 Å². The number of thiocarbonyl (C=S) groups is 1. The van der Waals surface area contributed by atoms with Crippen LogP contribution in [-0.2, 0) is 6.54 Å². The van der Waals surface area contributed by atoms with Crippen LogP contribution in [0.2, 0.25) is 0 Å². The lowest BCUT2D eigenvalue weighted by atomic mass is 10.3. The van der Waals surface area contributed by atoms with Crippen LogP contribution in [0.3, 0.4) is 0 Å². The SMILES string of the molecule is Cc1ncc([N+](=O)[O-])n1CCSC(=S)N1CCN(c2ccccn2)CC1. The maximum absolute atomic E-state index is 11.0. The normalized spacial score (nSPS) is 14.5. The zero-order valence-corrected chi connectivity index (χ0v) is 16.1. The summed E-state index contributed by atoms with van der Waals surface area (Å²) in [5.74, 6) is 2.34. The van der Waals surface area contributed by atoms with Gasteiger partial charge in [0.15, 0.2) is 5.82 Å². The molecule has 0 aliphatic carbocycles. The van der Waals surface area contributed by atoms with Crippen molar-refractivity contribution in [2.75, 3.05) is 36.8 Å². The molecule has 2 aromatic rings. The Kier molecular flexibility index (Phi) is 6.04. The Morgan fingerprint density at radius 1 is 1.31 bits per heavy atom. The number of hydrogen-bond acceptors (Lipinski definition) is 7. The van der Waals surface area contributed by atoms with E-state index < -0.39 is 4.92 Å². The molecule has 0 bridgehead atoms. The first-order valence-corrected chi connectivity index (χ1v) is 9.70. The second kappa shape index (κ2) is 8.45. The first-order valence-electron chi connectivity index (χ1n) is 8.30. The van der Waals surface area contributed by atoms with Crippen molar-refractivity contribution in [2.45, 2.75) is 13.5 Å². The molecule has 3 rings (SSSR count). The zero-order valence-electron chi connectivity index (χ0n) is 14.4. The number of nitro groups is 1. The molecule has 0 saturated carbocycles. The van der Waals surface area contributed by atoms with Gasteiger partial charge in [-0.25, -0.2) is 14.5 Å². The lowest BCUT2D eigenvalue weighted by Gasteiger charge is -2.36. The summed E-state index contributed by atoms with van der Waals surface area (Å²) in [6.07, 6.45) is 3.11. The molecule has 3 heterocycles. The number of piperazine rings is 1. The highest BCUT2D eigenvalue weighted by Gasteiger charge is 2.21. The van der Waals surface area contributed by atoms with Gasteiger partial charge >= 0.3 is 5.82 Å². The summed E-state index contributed by atoms with van der Waals surface area (Å²) in [4.78, 5) is 23.5. The Morgan fingerprint density at radius 2 is 2.08 bits per heavy atom. The quantitative estimate of drug-likeness (QED) is 0.436. The number of aromatic nitrogens is 3. The van der Waals surface area contributed by atoms with E-state index in [9.17, 15) is 10.1 Å². The van der Waals surface area contributed by atoms with Gasteiger partial charge in [-0.15, -0.1) is 0 Å². The molecule has 0 aromatic carbocycles. The number of imidazole rings is 1. The van der Waals surface area contributed by atoms with Crippen molar-refractivity contribution in [3.63, 3.8) is 0 Å². The third kappa shape index (κ3) is 4.31. The van der Waals surface area contributed by atoms with Gasteiger partial charge < -0.3 is 19.9 Å². The second-order valence-electron chi connectivity index (χ2n) is 5.85. The van der Waals surface area contributed by atoms with Gasteiger partial charge in [0.2, 0.25) is 0 Å². The van der Waals surface area contributed by atoms with E-state index >= 15 is 0 Å². The Hall–Kier alpha value is -2.20. The summed E-state index contributed by atoms with van der Waals surface area (Å²) in [6.45, 7) is 5.75. The van der Waals surface area contributed by atoms with E-state index in [1.165, 1.54) is 6.20 Å². The maximum atomic E-state index is 11.0. The van der Waals surface area contributed by atoms with Crippen LogP contribution in [0.5, 0.6) is 0 Å². The summed E-state index contributed by atoms with van der Waals surface area (Å²) in [7, 11) is 0. The highest BCUT2D eigenvalue weighted by molar-refractivity contribution is 8.22. The molecule has 2 aromatic heterocycles. The topological polar surface area (TPSA) is 80.3 Å². The Balaban J connectivity index is 1.47. The molecule has 0 radical (unpaired) electrons. The van der Waals surface area contributed by atoms with E-state index in [0.717, 1.165) is 36.3 Å². The molecule has 0 atom stereocenters. The molecule has 26 heavy (non-hydrogen) atoms. The van der Waals surface area contributed by atoms with Crippen LogP contribution in [0, 0.1) is 17.0 Å². The molecular weight excluding hydrogens is 372 g/mol. The number of nitrogens with zero attached hydrogens (tertiary/aromatic N) is 6. The maximum Gasteiger partial charge on any atom is 0.342 e. The van der Waals surface area contributed by atoms with E-state index in [1.807, 2.05) is 18.2 Å². The van der Waals surface area contributed by atoms with Gasteiger partial charge in [-0.1, -0.05) is 30.0 Å². The first-order chi connectivity index (χ1) is 12.6. The number of thioether (sulfide) groups is 1. The first kappa shape index (κ1) is 18.6. The molecular formula is C16H20N6O2S2. The molecule has 1 fully saturated rings. The van der Waals surface area contributed by atoms with Crippen molar-refractivity contribution in [1.29, 1.82) is 0 Å². The fraction of sp³-hybridized carbons (Fsp3) is 0.438. The number of pyridine rings is 1. The second-order valence-corrected chi connectivity index (χ2v) is 7.58. The molecule has 1 saturated heterocycles. The average molecular weight is 393 g/mol. The fourth-order valence-electron chi connectivity index (χ4n) is 2.85. The Labute approximate surface area is 161 Å². The molecule has 8 nitrogen and oxygen atoms in total. The number of aryl methyl sites for hydroxylation is 1. The van der Waals surface area contributed by atoms with Crippen LogP contribution >= 0.6 is 24.0 Å². The molecule has 1 aliphatic heterocycles. The third-order valence-corrected chi connectivity index (χ3v) is 5.78. The summed E-state index contributed by atoms with van der Waals surface area (Å²) in [5, 5.41) is 11.0. The van der Waals surface area contributed by atoms with E-state index in [-0.39, 0.29) is 5.82 Å². The highest BCUT2D eigenvalue weighted by Crippen LogP contribution is 2.19. The average Bonchev–Trinajstić information content (AvgIpc) is 3.03. The molecule has 0 spiro atoms. The van der Waals surface area contributed by atoms with Crippen LogP contribution in [-0.4, -0.2) is 60.6 Å². The van der Waals surface area contributed by atoms with E-state index in [0.29, 0.717) is 18.1 Å². The largest absolute Gasteiger partial charge is 0.358 e. The molecule has 0 amide bonds. The Bertz CT molecular complexity index is 774. The zero-order chi connectivity index (χ0) is 18.5. The Morgan fingerprint density at radius 3 is 2.73 bits per heavy atom. The monoisotopic (exact) mass is 392 g/mol. The minimum atomic E-state index is -0.403. The van der Waals surface area contributed by atoms with Crippen molar-refractivity contribution in [3.05, 3.63) is 46.5 Å². The molecule has 0 unspecified atom stereocenters. The number of rotatable bonds is 5. The standard InChI is InChI=1S/C16H20N6O2S2/c1-13-18-12-15(22(23)24)21(13)10-11-26-16(25)20-8-6-19(7-9-20)14-4-2-3-5-17-14/h2-5,12H,6-11H2,1H3. The highest BCUT2D eigenvalue weighted by atomic mass is 32.2. The van der Waals surface area contributed by atoms with Gasteiger partial charge in [-0.05, 0) is 17.1 Å². The molecule has 0 N–H and O–H groups in total. The minimum Gasteiger partial charge on any atom is -0.358 e. The van der Waals surface area contributed by atoms with Gasteiger partial charge in [-0.3, -0.25) is 0 Å². The van der Waals surface area contributed by atoms with Gasteiger partial charge in [-0.2, -0.15) is 0 Å². The van der Waals surface area contributed by atoms with Gasteiger partial charge in [0.05, 0.1) is 0 Å². The molecule has 138 valence electrons. The van der Waals surface area contributed by atoms with Gasteiger partial charge in [0.1, 0.15) is 22.9 Å². The summed E-state index contributed by atoms with van der Waals surface area (Å²) < 4.78 is 2.46. The minimum absolute atomic E-state index is 0.0259. The lowest BCUT2D eigenvalue weighted by molar-refractivity contribution is -0.392. The van der Waals surface area contributed by atoms with Crippen molar-refractivity contribution in [2.24, 2.45) is 0 Å². The van der Waals surface area contributed by atoms with Crippen LogP contribution in [0.1, 0.15) is 5.82 Å². The molecule has 10 heteroatoms. The number of anilines is 1. The van der Waals surface area contributed by atoms with E-state index in [2.05, 4.69) is 19.8 Å². The predicted molar refractivity (Wildman–Crippen MR) is 107 cm³/mol. The summed E-state index contributed by atoms with van der Waals surface area (Å²) in [5.41, 5.74) is 0. The van der Waals surface area contributed by atoms with E-state index in [4.69, 9.17) is 12.2 Å². The molecule has 1 aliphatic rings. The van der Waals surface area contributed by atoms with Gasteiger partial charge in [0, 0.05) is 45.1 Å². The summed E-state index contributed by atoms with van der Waals surface area (Å²) in [6, 6.07) is 5.92. The van der Waals surface area contributed by atoms with Crippen molar-refractivity contribution >= 4 is 39.9 Å². The van der Waals surface area contributed by atoms with Crippen LogP contribution in [0.15, 0.2) is 30.6 Å². The van der Waals surface area contributed by atoms with Crippen molar-refractivity contribution in [3.8, 4) is 0 Å². The van der Waals surface area contributed by atoms with E-state index in [1.54, 1.807) is 29.4 Å². The van der Waals surface area contributed by atoms with Crippen LogP contribution in [0.4, 0.5) is 11.6 Å². The predicted octanol–water partition coefficient (Wildman–Crippen LogP) is 2.34. The summed E-state index contributed by atoms with van der Waals surface area (Å²) >= 11 is 7.10. The van der Waals surface area contributed by atoms with Gasteiger partial charge in [0.25, 0.3) is 0 Å². The van der Waals surface area contributed by atoms with Crippen LogP contribution < -0.4 is 4.90 Å².